The van der Waals surface area contributed by atoms with Crippen molar-refractivity contribution >= 4 is 35.8 Å². The molecule has 1 fully saturated rings. The van der Waals surface area contributed by atoms with Crippen molar-refractivity contribution in [3.8, 4) is 5.75 Å². The molecule has 0 bridgehead atoms. The Labute approximate surface area is 189 Å². The summed E-state index contributed by atoms with van der Waals surface area (Å²) in [6.45, 7) is 7.42. The van der Waals surface area contributed by atoms with Gasteiger partial charge < -0.3 is 24.3 Å². The third-order valence-electron chi connectivity index (χ3n) is 4.53. The Balaban J connectivity index is 0.00000300. The van der Waals surface area contributed by atoms with E-state index in [-0.39, 0.29) is 36.0 Å². The second-order valence-corrected chi connectivity index (χ2v) is 6.97. The van der Waals surface area contributed by atoms with Crippen LogP contribution in [0.4, 0.5) is 0 Å². The molecule has 0 radical (unpaired) electrons. The maximum Gasteiger partial charge on any atom is 0.289 e. The van der Waals surface area contributed by atoms with Crippen LogP contribution < -0.4 is 10.1 Å². The van der Waals surface area contributed by atoms with Crippen molar-refractivity contribution in [2.45, 2.75) is 26.5 Å². The molecule has 0 spiro atoms. The number of ether oxygens (including phenoxy) is 1. The van der Waals surface area contributed by atoms with Gasteiger partial charge in [0.2, 0.25) is 0 Å². The molecule has 2 heterocycles. The lowest BCUT2D eigenvalue weighted by molar-refractivity contribution is 0.0657. The first-order valence-electron chi connectivity index (χ1n) is 9.61. The Morgan fingerprint density at radius 2 is 1.90 bits per heavy atom. The van der Waals surface area contributed by atoms with Crippen LogP contribution in [0.25, 0.3) is 0 Å². The number of guanidine groups is 1. The molecule has 0 saturated carbocycles. The zero-order chi connectivity index (χ0) is 19.9. The van der Waals surface area contributed by atoms with E-state index in [2.05, 4.69) is 21.3 Å². The number of nitrogens with one attached hydrogen (secondary N) is 1. The molecule has 0 aliphatic carbocycles. The summed E-state index contributed by atoms with van der Waals surface area (Å²) >= 11 is 0. The van der Waals surface area contributed by atoms with Crippen molar-refractivity contribution in [1.82, 2.24) is 15.1 Å². The van der Waals surface area contributed by atoms with Crippen LogP contribution in [0.2, 0.25) is 0 Å². The number of carbonyl (C=O) groups is 1. The van der Waals surface area contributed by atoms with Crippen molar-refractivity contribution < 1.29 is 13.9 Å². The van der Waals surface area contributed by atoms with Crippen molar-refractivity contribution in [3.05, 3.63) is 54.0 Å². The molecule has 1 aromatic heterocycles. The molecular weight excluding hydrogens is 483 g/mol. The van der Waals surface area contributed by atoms with Gasteiger partial charge in [-0.15, -0.1) is 24.0 Å². The van der Waals surface area contributed by atoms with Crippen molar-refractivity contribution in [1.29, 1.82) is 0 Å². The fourth-order valence-electron chi connectivity index (χ4n) is 3.19. The van der Waals surface area contributed by atoms with E-state index >= 15 is 0 Å². The largest absolute Gasteiger partial charge is 0.491 e. The van der Waals surface area contributed by atoms with Gasteiger partial charge in [0, 0.05) is 39.8 Å². The van der Waals surface area contributed by atoms with Gasteiger partial charge in [-0.05, 0) is 43.7 Å². The molecular formula is C21H29IN4O3. The molecule has 158 valence electrons. The SMILES string of the molecule is CN=C(NCc1cccc(OC(C)C)c1)N1CCN(C(=O)c2ccco2)CC1.I. The molecule has 1 aromatic carbocycles. The molecule has 29 heavy (non-hydrogen) atoms. The topological polar surface area (TPSA) is 70.3 Å². The molecule has 1 saturated heterocycles. The summed E-state index contributed by atoms with van der Waals surface area (Å²) in [6, 6.07) is 11.5. The Kier molecular flexibility index (Phi) is 8.81. The van der Waals surface area contributed by atoms with E-state index in [0.717, 1.165) is 30.4 Å². The molecule has 0 atom stereocenters. The second kappa shape index (κ2) is 11.1. The predicted molar refractivity (Wildman–Crippen MR) is 124 cm³/mol. The lowest BCUT2D eigenvalue weighted by atomic mass is 10.2. The van der Waals surface area contributed by atoms with Crippen LogP contribution in [0.15, 0.2) is 52.1 Å². The summed E-state index contributed by atoms with van der Waals surface area (Å²) < 4.78 is 11.0. The molecule has 0 unspecified atom stereocenters. The number of nitrogens with zero attached hydrogens (tertiary/aromatic N) is 3. The maximum absolute atomic E-state index is 12.4. The van der Waals surface area contributed by atoms with Gasteiger partial charge in [0.25, 0.3) is 5.91 Å². The average molecular weight is 512 g/mol. The van der Waals surface area contributed by atoms with Crippen molar-refractivity contribution in [3.63, 3.8) is 0 Å². The predicted octanol–water partition coefficient (Wildman–Crippen LogP) is 3.22. The first kappa shape index (κ1) is 23.1. The first-order chi connectivity index (χ1) is 13.6. The molecule has 8 heteroatoms. The molecule has 1 N–H and O–H groups in total. The van der Waals surface area contributed by atoms with E-state index in [0.29, 0.717) is 25.4 Å². The van der Waals surface area contributed by atoms with Crippen LogP contribution in [0, 0.1) is 0 Å². The summed E-state index contributed by atoms with van der Waals surface area (Å²) in [5.41, 5.74) is 1.13. The molecule has 3 rings (SSSR count). The van der Waals surface area contributed by atoms with E-state index in [1.165, 1.54) is 6.26 Å². The maximum atomic E-state index is 12.4. The Hall–Kier alpha value is -2.23. The summed E-state index contributed by atoms with van der Waals surface area (Å²) in [4.78, 5) is 20.8. The molecule has 1 aliphatic rings. The van der Waals surface area contributed by atoms with Gasteiger partial charge in [-0.1, -0.05) is 12.1 Å². The summed E-state index contributed by atoms with van der Waals surface area (Å²) in [5.74, 6) is 2.03. The minimum atomic E-state index is -0.0606. The highest BCUT2D eigenvalue weighted by molar-refractivity contribution is 14.0. The molecule has 7 nitrogen and oxygen atoms in total. The number of hydrogen-bond acceptors (Lipinski definition) is 4. The van der Waals surface area contributed by atoms with Crippen molar-refractivity contribution in [2.24, 2.45) is 4.99 Å². The highest BCUT2D eigenvalue weighted by Gasteiger charge is 2.25. The fraction of sp³-hybridized carbons (Fsp3) is 0.429. The van der Waals surface area contributed by atoms with Crippen LogP contribution in [-0.4, -0.2) is 61.0 Å². The highest BCUT2D eigenvalue weighted by atomic mass is 127. The third-order valence-corrected chi connectivity index (χ3v) is 4.53. The third kappa shape index (κ3) is 6.38. The minimum absolute atomic E-state index is 0. The minimum Gasteiger partial charge on any atom is -0.491 e. The molecule has 2 aromatic rings. The van der Waals surface area contributed by atoms with Crippen LogP contribution in [0.3, 0.4) is 0 Å². The highest BCUT2D eigenvalue weighted by Crippen LogP contribution is 2.15. The molecule has 1 amide bonds. The smallest absolute Gasteiger partial charge is 0.289 e. The number of amides is 1. The quantitative estimate of drug-likeness (QED) is 0.379. The van der Waals surface area contributed by atoms with E-state index in [4.69, 9.17) is 9.15 Å². The van der Waals surface area contributed by atoms with Gasteiger partial charge in [-0.3, -0.25) is 9.79 Å². The number of hydrogen-bond donors (Lipinski definition) is 1. The molecule has 1 aliphatic heterocycles. The van der Waals surface area contributed by atoms with E-state index in [1.807, 2.05) is 36.9 Å². The monoisotopic (exact) mass is 512 g/mol. The van der Waals surface area contributed by atoms with Gasteiger partial charge in [0.1, 0.15) is 5.75 Å². The standard InChI is InChI=1S/C21H28N4O3.HI/c1-16(2)28-18-7-4-6-17(14-18)15-23-21(22-3)25-11-9-24(10-12-25)20(26)19-8-5-13-27-19;/h4-8,13-14,16H,9-12,15H2,1-3H3,(H,22,23);1H. The lowest BCUT2D eigenvalue weighted by Crippen LogP contribution is -2.53. The number of benzene rings is 1. The number of aliphatic imine (C=N–C) groups is 1. The van der Waals surface area contributed by atoms with Gasteiger partial charge in [-0.2, -0.15) is 0 Å². The summed E-state index contributed by atoms with van der Waals surface area (Å²) in [6.07, 6.45) is 1.67. The number of carbonyl (C=O) groups excluding carboxylic acids is 1. The zero-order valence-electron chi connectivity index (χ0n) is 17.1. The summed E-state index contributed by atoms with van der Waals surface area (Å²) in [7, 11) is 1.78. The number of halogens is 1. The van der Waals surface area contributed by atoms with Crippen LogP contribution in [0.1, 0.15) is 30.0 Å². The van der Waals surface area contributed by atoms with Gasteiger partial charge in [0.15, 0.2) is 11.7 Å². The second-order valence-electron chi connectivity index (χ2n) is 6.97. The van der Waals surface area contributed by atoms with Gasteiger partial charge in [0.05, 0.1) is 12.4 Å². The van der Waals surface area contributed by atoms with Gasteiger partial charge in [-0.25, -0.2) is 0 Å². The van der Waals surface area contributed by atoms with Crippen LogP contribution >= 0.6 is 24.0 Å². The Bertz CT molecular complexity index is 800. The Morgan fingerprint density at radius 3 is 2.52 bits per heavy atom. The van der Waals surface area contributed by atoms with Crippen LogP contribution in [0.5, 0.6) is 5.75 Å². The van der Waals surface area contributed by atoms with Gasteiger partial charge >= 0.3 is 0 Å². The van der Waals surface area contributed by atoms with Crippen molar-refractivity contribution in [2.75, 3.05) is 33.2 Å². The normalized spacial score (nSPS) is 14.6. The number of piperazine rings is 1. The number of rotatable bonds is 5. The van der Waals surface area contributed by atoms with E-state index < -0.39 is 0 Å². The summed E-state index contributed by atoms with van der Waals surface area (Å²) in [5, 5.41) is 3.41. The van der Waals surface area contributed by atoms with Crippen LogP contribution in [-0.2, 0) is 6.54 Å². The first-order valence-corrected chi connectivity index (χ1v) is 9.61. The lowest BCUT2D eigenvalue weighted by Gasteiger charge is -2.36. The Morgan fingerprint density at radius 1 is 1.17 bits per heavy atom. The average Bonchev–Trinajstić information content (AvgIpc) is 3.23. The van der Waals surface area contributed by atoms with E-state index in [9.17, 15) is 4.79 Å². The number of furan rings is 1. The zero-order valence-corrected chi connectivity index (χ0v) is 19.5. The fourth-order valence-corrected chi connectivity index (χ4v) is 3.19. The van der Waals surface area contributed by atoms with E-state index in [1.54, 1.807) is 19.2 Å².